The van der Waals surface area contributed by atoms with E-state index in [1.54, 1.807) is 6.07 Å². The summed E-state index contributed by atoms with van der Waals surface area (Å²) in [5.41, 5.74) is 0.353. The second-order valence-corrected chi connectivity index (χ2v) is 3.74. The number of hydrogen-bond donors (Lipinski definition) is 3. The van der Waals surface area contributed by atoms with Crippen LogP contribution in [-0.4, -0.2) is 35.0 Å². The summed E-state index contributed by atoms with van der Waals surface area (Å²) in [5.74, 6) is -1.33. The minimum Gasteiger partial charge on any atom is -0.481 e. The van der Waals surface area contributed by atoms with Gasteiger partial charge < -0.3 is 24.6 Å². The molecule has 2 rings (SSSR count). The van der Waals surface area contributed by atoms with Crippen LogP contribution >= 0.6 is 0 Å². The molecule has 0 radical (unpaired) electrons. The molecule has 1 aromatic carbocycles. The lowest BCUT2D eigenvalue weighted by molar-refractivity contribution is -0.138. The van der Waals surface area contributed by atoms with Crippen molar-refractivity contribution in [1.29, 1.82) is 0 Å². The Bertz CT molecular complexity index is 458. The van der Waals surface area contributed by atoms with Crippen molar-refractivity contribution >= 4 is 18.6 Å². The number of rotatable bonds is 3. The Morgan fingerprint density at radius 2 is 2.12 bits per heavy atom. The molecular formula is C10H11BO6. The lowest BCUT2D eigenvalue weighted by Crippen LogP contribution is -2.35. The van der Waals surface area contributed by atoms with Gasteiger partial charge in [-0.25, -0.2) is 0 Å². The molecule has 90 valence electrons. The summed E-state index contributed by atoms with van der Waals surface area (Å²) in [6, 6.07) is 3.06. The number of carboxylic acids is 1. The predicted octanol–water partition coefficient (Wildman–Crippen LogP) is -0.717. The topological polar surface area (TPSA) is 96.2 Å². The Labute approximate surface area is 97.5 Å². The number of hydrogen-bond acceptors (Lipinski definition) is 5. The average molecular weight is 238 g/mol. The Morgan fingerprint density at radius 3 is 2.71 bits per heavy atom. The van der Waals surface area contributed by atoms with Crippen LogP contribution < -0.4 is 14.9 Å². The fourth-order valence-corrected chi connectivity index (χ4v) is 1.79. The van der Waals surface area contributed by atoms with Crippen LogP contribution in [0.4, 0.5) is 0 Å². The SMILES string of the molecule is CC(C(=O)O)c1ccc2c(c1B(O)O)OCO2. The van der Waals surface area contributed by atoms with Crippen LogP contribution in [0.2, 0.25) is 0 Å². The van der Waals surface area contributed by atoms with Gasteiger partial charge in [-0.2, -0.15) is 0 Å². The summed E-state index contributed by atoms with van der Waals surface area (Å²) in [7, 11) is -1.80. The highest BCUT2D eigenvalue weighted by atomic mass is 16.7. The number of carbonyl (C=O) groups is 1. The summed E-state index contributed by atoms with van der Waals surface area (Å²) >= 11 is 0. The van der Waals surface area contributed by atoms with E-state index in [9.17, 15) is 14.8 Å². The zero-order chi connectivity index (χ0) is 12.6. The monoisotopic (exact) mass is 238 g/mol. The molecule has 0 fully saturated rings. The molecule has 0 spiro atoms. The van der Waals surface area contributed by atoms with Crippen LogP contribution in [0.1, 0.15) is 18.4 Å². The first-order valence-corrected chi connectivity index (χ1v) is 5.03. The fourth-order valence-electron chi connectivity index (χ4n) is 1.79. The Kier molecular flexibility index (Phi) is 2.95. The smallest absolute Gasteiger partial charge is 0.481 e. The maximum Gasteiger partial charge on any atom is 0.492 e. The number of aliphatic carboxylic acids is 1. The molecule has 0 aromatic heterocycles. The van der Waals surface area contributed by atoms with Crippen molar-refractivity contribution in [2.45, 2.75) is 12.8 Å². The molecule has 1 aromatic rings. The molecular weight excluding hydrogens is 227 g/mol. The number of carboxylic acid groups (broad SMARTS) is 1. The minimum atomic E-state index is -1.80. The van der Waals surface area contributed by atoms with Crippen LogP contribution in [0.15, 0.2) is 12.1 Å². The number of benzene rings is 1. The summed E-state index contributed by atoms with van der Waals surface area (Å²) in [5, 5.41) is 27.6. The highest BCUT2D eigenvalue weighted by Crippen LogP contribution is 2.33. The van der Waals surface area contributed by atoms with Crippen molar-refractivity contribution in [3.63, 3.8) is 0 Å². The molecule has 17 heavy (non-hydrogen) atoms. The first kappa shape index (κ1) is 11.8. The van der Waals surface area contributed by atoms with Gasteiger partial charge in [0.15, 0.2) is 11.5 Å². The van der Waals surface area contributed by atoms with Crippen molar-refractivity contribution in [2.24, 2.45) is 0 Å². The van der Waals surface area contributed by atoms with Gasteiger partial charge in [0.2, 0.25) is 6.79 Å². The standard InChI is InChI=1S/C10H11BO6/c1-5(10(12)13)6-2-3-7-9(17-4-16-7)8(6)11(14)15/h2-3,5,14-15H,4H2,1H3,(H,12,13). The number of fused-ring (bicyclic) bond motifs is 1. The Hall–Kier alpha value is -1.73. The van der Waals surface area contributed by atoms with E-state index in [2.05, 4.69) is 0 Å². The predicted molar refractivity (Wildman–Crippen MR) is 58.4 cm³/mol. The highest BCUT2D eigenvalue weighted by Gasteiger charge is 2.31. The van der Waals surface area contributed by atoms with Gasteiger partial charge >= 0.3 is 13.1 Å². The zero-order valence-electron chi connectivity index (χ0n) is 9.08. The van der Waals surface area contributed by atoms with E-state index in [0.29, 0.717) is 11.3 Å². The van der Waals surface area contributed by atoms with Gasteiger partial charge in [0.1, 0.15) is 0 Å². The molecule has 1 atom stereocenters. The molecule has 1 heterocycles. The van der Waals surface area contributed by atoms with E-state index in [1.165, 1.54) is 13.0 Å². The molecule has 1 aliphatic heterocycles. The van der Waals surface area contributed by atoms with Gasteiger partial charge in [-0.05, 0) is 18.6 Å². The molecule has 0 saturated carbocycles. The maximum absolute atomic E-state index is 10.9. The third kappa shape index (κ3) is 1.94. The zero-order valence-corrected chi connectivity index (χ0v) is 9.08. The number of ether oxygens (including phenoxy) is 2. The lowest BCUT2D eigenvalue weighted by atomic mass is 9.73. The second kappa shape index (κ2) is 4.27. The quantitative estimate of drug-likeness (QED) is 0.601. The highest BCUT2D eigenvalue weighted by molar-refractivity contribution is 6.60. The third-order valence-electron chi connectivity index (χ3n) is 2.71. The Morgan fingerprint density at radius 1 is 1.41 bits per heavy atom. The Balaban J connectivity index is 2.56. The van der Waals surface area contributed by atoms with Crippen LogP contribution in [-0.2, 0) is 4.79 Å². The van der Waals surface area contributed by atoms with Crippen LogP contribution in [0.3, 0.4) is 0 Å². The summed E-state index contributed by atoms with van der Waals surface area (Å²) in [4.78, 5) is 10.9. The molecule has 0 aliphatic carbocycles. The summed E-state index contributed by atoms with van der Waals surface area (Å²) in [6.07, 6.45) is 0. The molecule has 0 bridgehead atoms. The largest absolute Gasteiger partial charge is 0.492 e. The van der Waals surface area contributed by atoms with Gasteiger partial charge in [-0.15, -0.1) is 0 Å². The maximum atomic E-state index is 10.9. The minimum absolute atomic E-state index is 0.0139. The molecule has 1 unspecified atom stereocenters. The van der Waals surface area contributed by atoms with Crippen LogP contribution in [0, 0.1) is 0 Å². The van der Waals surface area contributed by atoms with E-state index >= 15 is 0 Å². The first-order chi connectivity index (χ1) is 8.02. The van der Waals surface area contributed by atoms with Crippen molar-refractivity contribution in [3.8, 4) is 11.5 Å². The summed E-state index contributed by atoms with van der Waals surface area (Å²) in [6.45, 7) is 1.45. The average Bonchev–Trinajstić information content (AvgIpc) is 2.73. The molecule has 3 N–H and O–H groups in total. The molecule has 0 saturated heterocycles. The van der Waals surface area contributed by atoms with Crippen molar-refractivity contribution in [3.05, 3.63) is 17.7 Å². The third-order valence-corrected chi connectivity index (χ3v) is 2.71. The van der Waals surface area contributed by atoms with Crippen molar-refractivity contribution in [1.82, 2.24) is 0 Å². The van der Waals surface area contributed by atoms with Crippen molar-refractivity contribution in [2.75, 3.05) is 6.79 Å². The molecule has 1 aliphatic rings. The summed E-state index contributed by atoms with van der Waals surface area (Å²) < 4.78 is 10.2. The van der Waals surface area contributed by atoms with E-state index in [-0.39, 0.29) is 18.0 Å². The first-order valence-electron chi connectivity index (χ1n) is 5.03. The van der Waals surface area contributed by atoms with E-state index in [4.69, 9.17) is 14.6 Å². The van der Waals surface area contributed by atoms with Crippen LogP contribution in [0.25, 0.3) is 0 Å². The van der Waals surface area contributed by atoms with Gasteiger partial charge in [0, 0.05) is 5.46 Å². The normalized spacial score (nSPS) is 14.5. The van der Waals surface area contributed by atoms with Gasteiger partial charge in [0.05, 0.1) is 5.92 Å². The van der Waals surface area contributed by atoms with Crippen LogP contribution in [0.5, 0.6) is 11.5 Å². The molecule has 6 nitrogen and oxygen atoms in total. The molecule has 0 amide bonds. The second-order valence-electron chi connectivity index (χ2n) is 3.74. The van der Waals surface area contributed by atoms with Gasteiger partial charge in [-0.3, -0.25) is 4.79 Å². The van der Waals surface area contributed by atoms with E-state index in [1.807, 2.05) is 0 Å². The fraction of sp³-hybridized carbons (Fsp3) is 0.300. The lowest BCUT2D eigenvalue weighted by Gasteiger charge is -2.14. The van der Waals surface area contributed by atoms with E-state index in [0.717, 1.165) is 0 Å². The van der Waals surface area contributed by atoms with Gasteiger partial charge in [0.25, 0.3) is 0 Å². The van der Waals surface area contributed by atoms with E-state index < -0.39 is 19.0 Å². The van der Waals surface area contributed by atoms with Crippen molar-refractivity contribution < 1.29 is 29.4 Å². The van der Waals surface area contributed by atoms with Gasteiger partial charge in [-0.1, -0.05) is 6.07 Å². The molecule has 7 heteroatoms.